The zero-order valence-corrected chi connectivity index (χ0v) is 8.86. The quantitative estimate of drug-likeness (QED) is 0.681. The third kappa shape index (κ3) is 2.36. The third-order valence-electron chi connectivity index (χ3n) is 2.61. The Bertz CT molecular complexity index is 401. The van der Waals surface area contributed by atoms with Crippen LogP contribution in [0.15, 0.2) is 10.9 Å². The first-order valence-electron chi connectivity index (χ1n) is 5.23. The summed E-state index contributed by atoms with van der Waals surface area (Å²) in [4.78, 5) is 20.4. The normalized spacial score (nSPS) is 21.7. The molecule has 0 radical (unpaired) electrons. The average Bonchev–Trinajstić information content (AvgIpc) is 2.16. The van der Waals surface area contributed by atoms with Crippen molar-refractivity contribution in [2.75, 3.05) is 18.0 Å². The lowest BCUT2D eigenvalue weighted by Crippen LogP contribution is -2.44. The highest BCUT2D eigenvalue weighted by molar-refractivity contribution is 5.31. The summed E-state index contributed by atoms with van der Waals surface area (Å²) in [5.41, 5.74) is 6.52. The first-order valence-corrected chi connectivity index (χ1v) is 5.23. The van der Waals surface area contributed by atoms with Crippen LogP contribution in [0.4, 0.5) is 5.95 Å². The Morgan fingerprint density at radius 3 is 3.13 bits per heavy atom. The van der Waals surface area contributed by atoms with Crippen molar-refractivity contribution in [3.63, 3.8) is 0 Å². The summed E-state index contributed by atoms with van der Waals surface area (Å²) in [5.74, 6) is 0.648. The zero-order valence-electron chi connectivity index (χ0n) is 8.86. The fraction of sp³-hybridized carbons (Fsp3) is 0.600. The van der Waals surface area contributed by atoms with Gasteiger partial charge in [0.05, 0.1) is 0 Å². The molecule has 1 aromatic heterocycles. The van der Waals surface area contributed by atoms with Crippen LogP contribution in [0.5, 0.6) is 0 Å². The maximum atomic E-state index is 11.3. The van der Waals surface area contributed by atoms with E-state index in [1.165, 1.54) is 6.07 Å². The minimum Gasteiger partial charge on any atom is -0.341 e. The third-order valence-corrected chi connectivity index (χ3v) is 2.61. The summed E-state index contributed by atoms with van der Waals surface area (Å²) >= 11 is 0. The monoisotopic (exact) mass is 208 g/mol. The van der Waals surface area contributed by atoms with Crippen LogP contribution in [0.1, 0.15) is 18.5 Å². The van der Waals surface area contributed by atoms with Crippen LogP contribution in [-0.4, -0.2) is 29.1 Å². The Morgan fingerprint density at radius 1 is 1.67 bits per heavy atom. The number of hydrogen-bond acceptors (Lipinski definition) is 4. The Labute approximate surface area is 88.3 Å². The Morgan fingerprint density at radius 2 is 2.47 bits per heavy atom. The smallest absolute Gasteiger partial charge is 0.252 e. The Kier molecular flexibility index (Phi) is 2.73. The van der Waals surface area contributed by atoms with Crippen molar-refractivity contribution in [1.82, 2.24) is 9.97 Å². The van der Waals surface area contributed by atoms with Crippen molar-refractivity contribution >= 4 is 5.95 Å². The summed E-state index contributed by atoms with van der Waals surface area (Å²) in [6.45, 7) is 3.51. The second-order valence-electron chi connectivity index (χ2n) is 4.06. The van der Waals surface area contributed by atoms with Crippen LogP contribution < -0.4 is 16.2 Å². The molecule has 0 bridgehead atoms. The van der Waals surface area contributed by atoms with Gasteiger partial charge in [-0.3, -0.25) is 9.78 Å². The number of nitrogens with two attached hydrogens (primary N) is 1. The van der Waals surface area contributed by atoms with Gasteiger partial charge in [-0.2, -0.15) is 0 Å². The molecule has 2 rings (SSSR count). The van der Waals surface area contributed by atoms with E-state index in [-0.39, 0.29) is 11.6 Å². The first-order chi connectivity index (χ1) is 7.15. The summed E-state index contributed by atoms with van der Waals surface area (Å²) in [7, 11) is 0. The number of aromatic amines is 1. The highest BCUT2D eigenvalue weighted by Gasteiger charge is 2.18. The second-order valence-corrected chi connectivity index (χ2v) is 4.06. The minimum atomic E-state index is -0.100. The van der Waals surface area contributed by atoms with Crippen molar-refractivity contribution in [1.29, 1.82) is 0 Å². The number of nitrogens with zero attached hydrogens (tertiary/aromatic N) is 2. The number of piperidine rings is 1. The lowest BCUT2D eigenvalue weighted by Gasteiger charge is -2.31. The van der Waals surface area contributed by atoms with Crippen LogP contribution in [0.3, 0.4) is 0 Å². The topological polar surface area (TPSA) is 75.0 Å². The van der Waals surface area contributed by atoms with Gasteiger partial charge < -0.3 is 10.6 Å². The number of H-pyrrole nitrogens is 1. The van der Waals surface area contributed by atoms with Gasteiger partial charge in [0.15, 0.2) is 0 Å². The summed E-state index contributed by atoms with van der Waals surface area (Å²) in [5, 5.41) is 0. The molecule has 1 aliphatic heterocycles. The molecular formula is C10H16N4O. The Hall–Kier alpha value is -1.36. The maximum Gasteiger partial charge on any atom is 0.252 e. The number of anilines is 1. The molecule has 3 N–H and O–H groups in total. The fourth-order valence-corrected chi connectivity index (χ4v) is 1.92. The molecule has 15 heavy (non-hydrogen) atoms. The Balaban J connectivity index is 2.24. The zero-order chi connectivity index (χ0) is 10.8. The van der Waals surface area contributed by atoms with Gasteiger partial charge in [0.1, 0.15) is 0 Å². The lowest BCUT2D eigenvalue weighted by atomic mass is 10.1. The molecular weight excluding hydrogens is 192 g/mol. The molecule has 0 unspecified atom stereocenters. The largest absolute Gasteiger partial charge is 0.341 e. The van der Waals surface area contributed by atoms with Crippen LogP contribution in [0, 0.1) is 6.92 Å². The molecule has 5 heteroatoms. The molecule has 2 heterocycles. The van der Waals surface area contributed by atoms with E-state index in [0.29, 0.717) is 5.95 Å². The molecule has 0 saturated carbocycles. The van der Waals surface area contributed by atoms with E-state index in [1.807, 2.05) is 11.8 Å². The van der Waals surface area contributed by atoms with Crippen LogP contribution in [0.25, 0.3) is 0 Å². The van der Waals surface area contributed by atoms with Crippen molar-refractivity contribution in [3.05, 3.63) is 22.1 Å². The molecule has 0 aliphatic carbocycles. The van der Waals surface area contributed by atoms with Crippen LogP contribution in [0.2, 0.25) is 0 Å². The van der Waals surface area contributed by atoms with E-state index in [1.54, 1.807) is 0 Å². The molecule has 1 saturated heterocycles. The van der Waals surface area contributed by atoms with Gasteiger partial charge in [-0.05, 0) is 19.8 Å². The molecule has 0 aromatic carbocycles. The van der Waals surface area contributed by atoms with Gasteiger partial charge in [-0.1, -0.05) is 0 Å². The highest BCUT2D eigenvalue weighted by Crippen LogP contribution is 2.13. The maximum absolute atomic E-state index is 11.3. The summed E-state index contributed by atoms with van der Waals surface area (Å²) in [6, 6.07) is 1.68. The average molecular weight is 208 g/mol. The molecule has 1 fully saturated rings. The fourth-order valence-electron chi connectivity index (χ4n) is 1.92. The minimum absolute atomic E-state index is 0.100. The molecule has 5 nitrogen and oxygen atoms in total. The van der Waals surface area contributed by atoms with E-state index >= 15 is 0 Å². The molecule has 1 atom stereocenters. The van der Waals surface area contributed by atoms with Crippen molar-refractivity contribution in [2.45, 2.75) is 25.8 Å². The number of aromatic nitrogens is 2. The van der Waals surface area contributed by atoms with Crippen LogP contribution >= 0.6 is 0 Å². The first kappa shape index (κ1) is 10.2. The van der Waals surface area contributed by atoms with Gasteiger partial charge >= 0.3 is 0 Å². The molecule has 0 amide bonds. The predicted octanol–water partition coefficient (Wildman–Crippen LogP) is 0.00582. The second kappa shape index (κ2) is 4.02. The molecule has 0 spiro atoms. The van der Waals surface area contributed by atoms with E-state index < -0.39 is 0 Å². The number of aryl methyl sites for hydroxylation is 1. The number of hydrogen-bond donors (Lipinski definition) is 2. The molecule has 1 aromatic rings. The van der Waals surface area contributed by atoms with E-state index in [4.69, 9.17) is 5.73 Å². The van der Waals surface area contributed by atoms with Gasteiger partial charge in [0, 0.05) is 30.9 Å². The van der Waals surface area contributed by atoms with Gasteiger partial charge in [-0.15, -0.1) is 0 Å². The molecule has 82 valence electrons. The van der Waals surface area contributed by atoms with Crippen LogP contribution in [-0.2, 0) is 0 Å². The van der Waals surface area contributed by atoms with Gasteiger partial charge in [-0.25, -0.2) is 4.98 Å². The van der Waals surface area contributed by atoms with Crippen molar-refractivity contribution in [2.24, 2.45) is 5.73 Å². The number of rotatable bonds is 1. The van der Waals surface area contributed by atoms with E-state index in [9.17, 15) is 4.79 Å². The predicted molar refractivity (Wildman–Crippen MR) is 59.0 cm³/mol. The summed E-state index contributed by atoms with van der Waals surface area (Å²) in [6.07, 6.45) is 2.10. The summed E-state index contributed by atoms with van der Waals surface area (Å²) < 4.78 is 0. The lowest BCUT2D eigenvalue weighted by molar-refractivity contribution is 0.499. The molecule has 1 aliphatic rings. The van der Waals surface area contributed by atoms with Crippen molar-refractivity contribution in [3.8, 4) is 0 Å². The van der Waals surface area contributed by atoms with Gasteiger partial charge in [0.25, 0.3) is 5.56 Å². The number of nitrogens with one attached hydrogen (secondary N) is 1. The van der Waals surface area contributed by atoms with E-state index in [2.05, 4.69) is 9.97 Å². The SMILES string of the molecule is Cc1cc(=O)[nH]c(N2CCC[C@H](N)C2)n1. The highest BCUT2D eigenvalue weighted by atomic mass is 16.1. The standard InChI is InChI=1S/C10H16N4O/c1-7-5-9(15)13-10(12-7)14-4-2-3-8(11)6-14/h5,8H,2-4,6,11H2,1H3,(H,12,13,15)/t8-/m0/s1. The van der Waals surface area contributed by atoms with E-state index in [0.717, 1.165) is 31.6 Å². The van der Waals surface area contributed by atoms with Gasteiger partial charge in [0.2, 0.25) is 5.95 Å². The van der Waals surface area contributed by atoms with Crippen molar-refractivity contribution < 1.29 is 0 Å².